The number of sulfonamides is 1. The standard InChI is InChI=1S/C10H11BrClFN2O2S/c1-15(2)6-14-18(16,17)7-3-9(12)8(5-11)10(13)4-7/h3-4,6H,5H2,1-2H3/b14-6-. The van der Waals surface area contributed by atoms with E-state index >= 15 is 0 Å². The van der Waals surface area contributed by atoms with Crippen molar-refractivity contribution >= 4 is 43.9 Å². The fourth-order valence-electron chi connectivity index (χ4n) is 1.07. The number of hydrogen-bond acceptors (Lipinski definition) is 2. The highest BCUT2D eigenvalue weighted by Gasteiger charge is 2.17. The van der Waals surface area contributed by atoms with Crippen LogP contribution in [0.3, 0.4) is 0 Å². The van der Waals surface area contributed by atoms with Gasteiger partial charge in [-0.25, -0.2) is 4.39 Å². The van der Waals surface area contributed by atoms with E-state index < -0.39 is 15.8 Å². The van der Waals surface area contributed by atoms with Crippen LogP contribution in [0.15, 0.2) is 21.4 Å². The highest BCUT2D eigenvalue weighted by Crippen LogP contribution is 2.26. The molecule has 1 aromatic rings. The minimum absolute atomic E-state index is 0.0468. The van der Waals surface area contributed by atoms with Crippen molar-refractivity contribution in [3.05, 3.63) is 28.5 Å². The fourth-order valence-corrected chi connectivity index (χ4v) is 3.10. The third-order valence-corrected chi connectivity index (χ3v) is 4.06. The number of halogens is 3. The van der Waals surface area contributed by atoms with E-state index in [-0.39, 0.29) is 20.8 Å². The molecule has 0 radical (unpaired) electrons. The summed E-state index contributed by atoms with van der Waals surface area (Å²) >= 11 is 8.88. The third kappa shape index (κ3) is 3.66. The highest BCUT2D eigenvalue weighted by molar-refractivity contribution is 9.08. The van der Waals surface area contributed by atoms with Crippen molar-refractivity contribution in [1.29, 1.82) is 0 Å². The van der Waals surface area contributed by atoms with E-state index in [1.807, 2.05) is 0 Å². The van der Waals surface area contributed by atoms with Crippen LogP contribution in [0.5, 0.6) is 0 Å². The maximum Gasteiger partial charge on any atom is 0.283 e. The van der Waals surface area contributed by atoms with Gasteiger partial charge in [-0.2, -0.15) is 8.42 Å². The zero-order chi connectivity index (χ0) is 13.9. The van der Waals surface area contributed by atoms with Gasteiger partial charge in [0.2, 0.25) is 0 Å². The highest BCUT2D eigenvalue weighted by atomic mass is 79.9. The molecule has 8 heteroatoms. The molecule has 0 N–H and O–H groups in total. The minimum Gasteiger partial charge on any atom is -0.368 e. The first-order valence-electron chi connectivity index (χ1n) is 4.78. The number of alkyl halides is 1. The normalized spacial score (nSPS) is 12.1. The molecule has 1 aromatic carbocycles. The summed E-state index contributed by atoms with van der Waals surface area (Å²) < 4.78 is 40.6. The van der Waals surface area contributed by atoms with Gasteiger partial charge in [0.05, 0.1) is 4.90 Å². The van der Waals surface area contributed by atoms with Crippen molar-refractivity contribution in [3.8, 4) is 0 Å². The van der Waals surface area contributed by atoms with Crippen LogP contribution in [0.25, 0.3) is 0 Å². The molecule has 18 heavy (non-hydrogen) atoms. The van der Waals surface area contributed by atoms with Gasteiger partial charge < -0.3 is 4.90 Å². The van der Waals surface area contributed by atoms with Crippen molar-refractivity contribution in [2.75, 3.05) is 14.1 Å². The third-order valence-electron chi connectivity index (χ3n) is 1.96. The average molecular weight is 358 g/mol. The molecule has 0 bridgehead atoms. The van der Waals surface area contributed by atoms with E-state index in [1.54, 1.807) is 14.1 Å². The second-order valence-corrected chi connectivity index (χ2v) is 6.26. The monoisotopic (exact) mass is 356 g/mol. The van der Waals surface area contributed by atoms with Gasteiger partial charge in [0.15, 0.2) is 0 Å². The SMILES string of the molecule is CN(C)/C=N\S(=O)(=O)c1cc(F)c(CBr)c(Cl)c1. The zero-order valence-corrected chi connectivity index (χ0v) is 12.9. The van der Waals surface area contributed by atoms with Crippen LogP contribution in [0.4, 0.5) is 4.39 Å². The Balaban J connectivity index is 3.27. The molecule has 0 amide bonds. The maximum absolute atomic E-state index is 13.6. The van der Waals surface area contributed by atoms with E-state index in [9.17, 15) is 12.8 Å². The van der Waals surface area contributed by atoms with Gasteiger partial charge in [-0.15, -0.1) is 4.40 Å². The lowest BCUT2D eigenvalue weighted by molar-refractivity contribution is 0.588. The van der Waals surface area contributed by atoms with Crippen LogP contribution in [-0.2, 0) is 15.4 Å². The van der Waals surface area contributed by atoms with Crippen molar-refractivity contribution in [2.45, 2.75) is 10.2 Å². The van der Waals surface area contributed by atoms with Crippen molar-refractivity contribution in [2.24, 2.45) is 4.40 Å². The van der Waals surface area contributed by atoms with Gasteiger partial charge in [0, 0.05) is 30.0 Å². The summed E-state index contributed by atoms with van der Waals surface area (Å²) in [6.07, 6.45) is 1.12. The summed E-state index contributed by atoms with van der Waals surface area (Å²) in [4.78, 5) is 1.19. The second-order valence-electron chi connectivity index (χ2n) is 3.66. The quantitative estimate of drug-likeness (QED) is 0.473. The van der Waals surface area contributed by atoms with Gasteiger partial charge in [-0.3, -0.25) is 0 Å². The number of rotatable bonds is 4. The second kappa shape index (κ2) is 5.99. The van der Waals surface area contributed by atoms with E-state index in [0.29, 0.717) is 0 Å². The summed E-state index contributed by atoms with van der Waals surface area (Å²) in [7, 11) is -0.686. The Morgan fingerprint density at radius 3 is 2.56 bits per heavy atom. The topological polar surface area (TPSA) is 49.7 Å². The molecule has 0 fully saturated rings. The lowest BCUT2D eigenvalue weighted by atomic mass is 10.2. The van der Waals surface area contributed by atoms with E-state index in [2.05, 4.69) is 20.3 Å². The lowest BCUT2D eigenvalue weighted by Crippen LogP contribution is -2.10. The minimum atomic E-state index is -3.94. The van der Waals surface area contributed by atoms with Crippen LogP contribution < -0.4 is 0 Å². The van der Waals surface area contributed by atoms with E-state index in [0.717, 1.165) is 12.4 Å². The lowest BCUT2D eigenvalue weighted by Gasteiger charge is -2.06. The Morgan fingerprint density at radius 1 is 1.50 bits per heavy atom. The fraction of sp³-hybridized carbons (Fsp3) is 0.300. The first-order valence-corrected chi connectivity index (χ1v) is 7.72. The molecular weight excluding hydrogens is 347 g/mol. The van der Waals surface area contributed by atoms with Gasteiger partial charge >= 0.3 is 0 Å². The molecule has 0 aliphatic heterocycles. The first kappa shape index (κ1) is 15.4. The molecule has 1 rings (SSSR count). The molecule has 0 aromatic heterocycles. The van der Waals surface area contributed by atoms with Crippen molar-refractivity contribution in [1.82, 2.24) is 4.90 Å². The van der Waals surface area contributed by atoms with E-state index in [4.69, 9.17) is 11.6 Å². The molecule has 0 saturated carbocycles. The van der Waals surface area contributed by atoms with Gasteiger partial charge in [-0.1, -0.05) is 27.5 Å². The largest absolute Gasteiger partial charge is 0.368 e. The Kier molecular flexibility index (Phi) is 5.12. The molecular formula is C10H11BrClFN2O2S. The predicted octanol–water partition coefficient (Wildman–Crippen LogP) is 2.65. The summed E-state index contributed by atoms with van der Waals surface area (Å²) in [5.74, 6) is -0.682. The Labute approximate surface area is 119 Å². The Hall–Kier alpha value is -0.660. The molecule has 0 saturated heterocycles. The maximum atomic E-state index is 13.6. The van der Waals surface area contributed by atoms with Crippen LogP contribution in [0.1, 0.15) is 5.56 Å². The van der Waals surface area contributed by atoms with E-state index in [1.165, 1.54) is 11.0 Å². The molecule has 100 valence electrons. The summed E-state index contributed by atoms with van der Waals surface area (Å²) in [6, 6.07) is 2.09. The van der Waals surface area contributed by atoms with Gasteiger partial charge in [-0.05, 0) is 12.1 Å². The van der Waals surface area contributed by atoms with Gasteiger partial charge in [0.25, 0.3) is 10.0 Å². The van der Waals surface area contributed by atoms with Crippen molar-refractivity contribution < 1.29 is 12.8 Å². The molecule has 0 aliphatic carbocycles. The number of hydrogen-bond donors (Lipinski definition) is 0. The van der Waals surface area contributed by atoms with Gasteiger partial charge in [0.1, 0.15) is 12.2 Å². The van der Waals surface area contributed by atoms with Crippen LogP contribution in [0, 0.1) is 5.82 Å². The zero-order valence-electron chi connectivity index (χ0n) is 9.69. The molecule has 4 nitrogen and oxygen atoms in total. The summed E-state index contributed by atoms with van der Waals surface area (Å²) in [5, 5.41) is 0.254. The smallest absolute Gasteiger partial charge is 0.283 e. The Morgan fingerprint density at radius 2 is 2.11 bits per heavy atom. The van der Waals surface area contributed by atoms with Crippen LogP contribution >= 0.6 is 27.5 Å². The summed E-state index contributed by atoms with van der Waals surface area (Å²) in [6.45, 7) is 0. The Bertz CT molecular complexity index is 552. The molecule has 0 heterocycles. The van der Waals surface area contributed by atoms with Crippen molar-refractivity contribution in [3.63, 3.8) is 0 Å². The number of benzene rings is 1. The molecule has 0 aliphatic rings. The number of nitrogens with zero attached hydrogens (tertiary/aromatic N) is 2. The first-order chi connectivity index (χ1) is 8.27. The van der Waals surface area contributed by atoms with Crippen LogP contribution in [-0.4, -0.2) is 33.8 Å². The molecule has 0 atom stereocenters. The predicted molar refractivity (Wildman–Crippen MR) is 73.4 cm³/mol. The van der Waals surface area contributed by atoms with Crippen LogP contribution in [0.2, 0.25) is 5.02 Å². The molecule has 0 unspecified atom stereocenters. The molecule has 0 spiro atoms. The summed E-state index contributed by atoms with van der Waals surface area (Å²) in [5.41, 5.74) is 0.215. The average Bonchev–Trinajstić information content (AvgIpc) is 2.26.